The van der Waals surface area contributed by atoms with E-state index in [9.17, 15) is 4.79 Å². The van der Waals surface area contributed by atoms with Gasteiger partial charge in [-0.3, -0.25) is 0 Å². The molecule has 0 bridgehead atoms. The molecule has 1 aromatic rings. The van der Waals surface area contributed by atoms with Gasteiger partial charge in [-0.2, -0.15) is 0 Å². The van der Waals surface area contributed by atoms with Crippen LogP contribution in [0.15, 0.2) is 24.3 Å². The molecule has 0 radical (unpaired) electrons. The number of nitrogens with one attached hydrogen (secondary N) is 1. The molecule has 2 rings (SSSR count). The van der Waals surface area contributed by atoms with Gasteiger partial charge in [-0.15, -0.1) is 0 Å². The van der Waals surface area contributed by atoms with E-state index in [2.05, 4.69) is 17.4 Å². The highest BCUT2D eigenvalue weighted by Gasteiger charge is 2.21. The normalized spacial score (nSPS) is 16.6. The first kappa shape index (κ1) is 19.9. The number of hydrogen-bond acceptors (Lipinski definition) is 5. The zero-order valence-electron chi connectivity index (χ0n) is 15.3. The molecule has 5 heteroatoms. The Morgan fingerprint density at radius 2 is 1.92 bits per heavy atom. The Bertz CT molecular complexity index is 498. The van der Waals surface area contributed by atoms with Crippen molar-refractivity contribution in [2.75, 3.05) is 39.5 Å². The zero-order valence-corrected chi connectivity index (χ0v) is 15.3. The molecule has 0 saturated carbocycles. The van der Waals surface area contributed by atoms with Gasteiger partial charge in [0.1, 0.15) is 18.1 Å². The van der Waals surface area contributed by atoms with Crippen molar-refractivity contribution in [2.45, 2.75) is 38.5 Å². The molecule has 0 aromatic heterocycles. The van der Waals surface area contributed by atoms with E-state index < -0.39 is 0 Å². The molecular formula is C20H32N2O3. The van der Waals surface area contributed by atoms with Crippen LogP contribution in [0.3, 0.4) is 0 Å². The molecule has 1 saturated heterocycles. The first-order valence-corrected chi connectivity index (χ1v) is 9.39. The minimum Gasteiger partial charge on any atom is -0.491 e. The van der Waals surface area contributed by atoms with Crippen molar-refractivity contribution in [3.05, 3.63) is 29.8 Å². The monoisotopic (exact) mass is 348 g/mol. The molecule has 25 heavy (non-hydrogen) atoms. The Labute approximate surface area is 151 Å². The zero-order chi connectivity index (χ0) is 17.9. The van der Waals surface area contributed by atoms with Gasteiger partial charge >= 0.3 is 0 Å². The minimum absolute atomic E-state index is 0.260. The van der Waals surface area contributed by atoms with Crippen LogP contribution < -0.4 is 15.8 Å². The largest absolute Gasteiger partial charge is 0.491 e. The summed E-state index contributed by atoms with van der Waals surface area (Å²) < 4.78 is 11.0. The average Bonchev–Trinajstić information content (AvgIpc) is 2.62. The summed E-state index contributed by atoms with van der Waals surface area (Å²) in [6.45, 7) is 6.03. The summed E-state index contributed by atoms with van der Waals surface area (Å²) in [5.41, 5.74) is 6.61. The number of carbonyl (C=O) groups is 1. The predicted octanol–water partition coefficient (Wildman–Crippen LogP) is 2.49. The third-order valence-corrected chi connectivity index (χ3v) is 4.72. The lowest BCUT2D eigenvalue weighted by Gasteiger charge is -2.27. The van der Waals surface area contributed by atoms with E-state index >= 15 is 0 Å². The van der Waals surface area contributed by atoms with Gasteiger partial charge < -0.3 is 25.3 Å². The van der Waals surface area contributed by atoms with E-state index in [1.807, 2.05) is 12.1 Å². The number of ether oxygens (including phenoxy) is 2. The van der Waals surface area contributed by atoms with Crippen LogP contribution in [-0.2, 0) is 9.53 Å². The molecule has 140 valence electrons. The molecule has 0 amide bonds. The predicted molar refractivity (Wildman–Crippen MR) is 100 cm³/mol. The lowest BCUT2D eigenvalue weighted by atomic mass is 9.82. The minimum atomic E-state index is 0.260. The van der Waals surface area contributed by atoms with Crippen molar-refractivity contribution >= 4 is 5.78 Å². The van der Waals surface area contributed by atoms with Crippen LogP contribution in [0.5, 0.6) is 5.75 Å². The molecule has 1 aliphatic heterocycles. The average molecular weight is 348 g/mol. The smallest absolute Gasteiger partial charge is 0.130 e. The van der Waals surface area contributed by atoms with Crippen molar-refractivity contribution < 1.29 is 14.3 Å². The van der Waals surface area contributed by atoms with Gasteiger partial charge in [0.05, 0.1) is 13.2 Å². The van der Waals surface area contributed by atoms with Crippen LogP contribution in [-0.4, -0.2) is 45.2 Å². The topological polar surface area (TPSA) is 73.6 Å². The van der Waals surface area contributed by atoms with Gasteiger partial charge in [-0.25, -0.2) is 0 Å². The van der Waals surface area contributed by atoms with Gasteiger partial charge in [0, 0.05) is 13.0 Å². The highest BCUT2D eigenvalue weighted by atomic mass is 16.5. The maximum atomic E-state index is 11.7. The van der Waals surface area contributed by atoms with Crippen LogP contribution in [0.4, 0.5) is 0 Å². The fraction of sp³-hybridized carbons (Fsp3) is 0.650. The Kier molecular flexibility index (Phi) is 8.94. The van der Waals surface area contributed by atoms with Crippen molar-refractivity contribution in [3.8, 4) is 5.75 Å². The number of benzene rings is 1. The standard InChI is InChI=1S/C20H32N2O3/c1-16(23)14-19(15-17-6-9-22-10-7-17)18-2-4-20(5-3-18)25-13-12-24-11-8-21/h2-5,17,19,22H,6-15,21H2,1H3. The highest BCUT2D eigenvalue weighted by Crippen LogP contribution is 2.32. The highest BCUT2D eigenvalue weighted by molar-refractivity contribution is 5.76. The summed E-state index contributed by atoms with van der Waals surface area (Å²) in [5, 5.41) is 3.41. The van der Waals surface area contributed by atoms with Gasteiger partial charge in [0.25, 0.3) is 0 Å². The summed E-state index contributed by atoms with van der Waals surface area (Å²) in [5.74, 6) is 2.11. The Morgan fingerprint density at radius 1 is 1.20 bits per heavy atom. The van der Waals surface area contributed by atoms with Crippen LogP contribution in [0.25, 0.3) is 0 Å². The van der Waals surface area contributed by atoms with Gasteiger partial charge in [0.2, 0.25) is 0 Å². The van der Waals surface area contributed by atoms with Crippen molar-refractivity contribution in [2.24, 2.45) is 11.7 Å². The van der Waals surface area contributed by atoms with Crippen LogP contribution in [0.1, 0.15) is 44.1 Å². The molecule has 1 unspecified atom stereocenters. The number of nitrogens with two attached hydrogens (primary N) is 1. The lowest BCUT2D eigenvalue weighted by Crippen LogP contribution is -2.28. The molecule has 1 heterocycles. The first-order chi connectivity index (χ1) is 12.2. The van der Waals surface area contributed by atoms with E-state index in [4.69, 9.17) is 15.2 Å². The van der Waals surface area contributed by atoms with E-state index in [-0.39, 0.29) is 5.78 Å². The molecule has 1 aromatic carbocycles. The summed E-state index contributed by atoms with van der Waals surface area (Å²) in [4.78, 5) is 11.7. The number of rotatable bonds is 11. The molecular weight excluding hydrogens is 316 g/mol. The van der Waals surface area contributed by atoms with E-state index in [0.29, 0.717) is 44.6 Å². The Hall–Kier alpha value is -1.43. The van der Waals surface area contributed by atoms with Crippen molar-refractivity contribution in [1.82, 2.24) is 5.32 Å². The molecule has 0 aliphatic carbocycles. The quantitative estimate of drug-likeness (QED) is 0.601. The summed E-state index contributed by atoms with van der Waals surface area (Å²) >= 11 is 0. The second-order valence-electron chi connectivity index (χ2n) is 6.85. The lowest BCUT2D eigenvalue weighted by molar-refractivity contribution is -0.117. The number of hydrogen-bond donors (Lipinski definition) is 2. The van der Waals surface area contributed by atoms with Gasteiger partial charge in [-0.05, 0) is 68.8 Å². The fourth-order valence-electron chi connectivity index (χ4n) is 3.44. The third-order valence-electron chi connectivity index (χ3n) is 4.72. The van der Waals surface area contributed by atoms with Crippen LogP contribution in [0, 0.1) is 5.92 Å². The Morgan fingerprint density at radius 3 is 2.56 bits per heavy atom. The van der Waals surface area contributed by atoms with Gasteiger partial charge in [-0.1, -0.05) is 12.1 Å². The fourth-order valence-corrected chi connectivity index (χ4v) is 3.44. The van der Waals surface area contributed by atoms with E-state index in [1.54, 1.807) is 6.92 Å². The van der Waals surface area contributed by atoms with Gasteiger partial charge in [0.15, 0.2) is 0 Å². The first-order valence-electron chi connectivity index (χ1n) is 9.39. The SMILES string of the molecule is CC(=O)CC(CC1CCNCC1)c1ccc(OCCOCCN)cc1. The van der Waals surface area contributed by atoms with Crippen molar-refractivity contribution in [3.63, 3.8) is 0 Å². The maximum Gasteiger partial charge on any atom is 0.130 e. The second-order valence-corrected chi connectivity index (χ2v) is 6.85. The summed E-state index contributed by atoms with van der Waals surface area (Å²) in [6.07, 6.45) is 4.13. The Balaban J connectivity index is 1.88. The van der Waals surface area contributed by atoms with Crippen molar-refractivity contribution in [1.29, 1.82) is 0 Å². The van der Waals surface area contributed by atoms with Crippen LogP contribution >= 0.6 is 0 Å². The molecule has 5 nitrogen and oxygen atoms in total. The number of piperidine rings is 1. The third kappa shape index (κ3) is 7.55. The van der Waals surface area contributed by atoms with Crippen LogP contribution in [0.2, 0.25) is 0 Å². The number of Topliss-reactive ketones (excluding diaryl/α,β-unsaturated/α-hetero) is 1. The van der Waals surface area contributed by atoms with E-state index in [0.717, 1.165) is 25.3 Å². The summed E-state index contributed by atoms with van der Waals surface area (Å²) in [7, 11) is 0. The molecule has 1 aliphatic rings. The molecule has 1 atom stereocenters. The molecule has 0 spiro atoms. The second kappa shape index (κ2) is 11.2. The van der Waals surface area contributed by atoms with E-state index in [1.165, 1.54) is 18.4 Å². The molecule has 1 fully saturated rings. The maximum absolute atomic E-state index is 11.7. The number of carbonyl (C=O) groups excluding carboxylic acids is 1. The molecule has 3 N–H and O–H groups in total. The summed E-state index contributed by atoms with van der Waals surface area (Å²) in [6, 6.07) is 8.19. The number of ketones is 1.